The number of carbonyl (C=O) groups is 1. The number of benzene rings is 1. The van der Waals surface area contributed by atoms with E-state index in [0.29, 0.717) is 18.4 Å². The number of amides is 1. The molecule has 0 bridgehead atoms. The predicted molar refractivity (Wildman–Crippen MR) is 74.4 cm³/mol. The summed E-state index contributed by atoms with van der Waals surface area (Å²) in [4.78, 5) is 16.7. The summed E-state index contributed by atoms with van der Waals surface area (Å²) >= 11 is 0. The maximum Gasteiger partial charge on any atom is 0.246 e. The molecule has 1 rings (SSSR count). The summed E-state index contributed by atoms with van der Waals surface area (Å²) in [6.45, 7) is 1.17. The van der Waals surface area contributed by atoms with Gasteiger partial charge in [0.2, 0.25) is 5.91 Å². The van der Waals surface area contributed by atoms with Crippen LogP contribution in [-0.4, -0.2) is 45.7 Å². The number of phenols is 2. The van der Waals surface area contributed by atoms with Gasteiger partial charge < -0.3 is 20.4 Å². The third-order valence-corrected chi connectivity index (χ3v) is 3.06. The Morgan fingerprint density at radius 3 is 2.67 bits per heavy atom. The first-order valence-electron chi connectivity index (χ1n) is 6.69. The monoisotopic (exact) mass is 299 g/mol. The second-order valence-corrected chi connectivity index (χ2v) is 4.74. The molecule has 21 heavy (non-hydrogen) atoms. The van der Waals surface area contributed by atoms with Gasteiger partial charge in [-0.3, -0.25) is 9.63 Å². The van der Waals surface area contributed by atoms with Gasteiger partial charge in [-0.15, -0.1) is 0 Å². The summed E-state index contributed by atoms with van der Waals surface area (Å²) in [5, 5.41) is 36.6. The number of rotatable bonds is 8. The molecule has 0 radical (unpaired) electrons. The fourth-order valence-corrected chi connectivity index (χ4v) is 1.76. The van der Waals surface area contributed by atoms with E-state index in [1.165, 1.54) is 12.1 Å². The standard InChI is InChI=1S/C14H21NO6/c1-2-9(14(20)15-21-8-12(18)7-16)5-10-3-4-11(17)6-13(10)19/h3-4,6,9,12,16-19H,2,5,7-8H2,1H3,(H,15,20). The summed E-state index contributed by atoms with van der Waals surface area (Å²) in [5.74, 6) is -0.922. The van der Waals surface area contributed by atoms with Crippen LogP contribution in [0.15, 0.2) is 18.2 Å². The van der Waals surface area contributed by atoms with Crippen LogP contribution in [0.4, 0.5) is 0 Å². The van der Waals surface area contributed by atoms with Gasteiger partial charge in [-0.1, -0.05) is 13.0 Å². The van der Waals surface area contributed by atoms with E-state index >= 15 is 0 Å². The molecule has 0 aliphatic carbocycles. The van der Waals surface area contributed by atoms with E-state index in [9.17, 15) is 15.0 Å². The fourth-order valence-electron chi connectivity index (χ4n) is 1.76. The quantitative estimate of drug-likeness (QED) is 0.433. The summed E-state index contributed by atoms with van der Waals surface area (Å²) < 4.78 is 0. The van der Waals surface area contributed by atoms with Crippen molar-refractivity contribution in [3.8, 4) is 11.5 Å². The number of hydrogen-bond acceptors (Lipinski definition) is 6. The highest BCUT2D eigenvalue weighted by Gasteiger charge is 2.19. The molecule has 118 valence electrons. The van der Waals surface area contributed by atoms with Crippen LogP contribution in [0.3, 0.4) is 0 Å². The zero-order valence-electron chi connectivity index (χ0n) is 11.8. The van der Waals surface area contributed by atoms with Crippen LogP contribution in [0.25, 0.3) is 0 Å². The summed E-state index contributed by atoms with van der Waals surface area (Å²) in [5.41, 5.74) is 2.76. The van der Waals surface area contributed by atoms with E-state index in [2.05, 4.69) is 5.48 Å². The van der Waals surface area contributed by atoms with Crippen molar-refractivity contribution in [2.75, 3.05) is 13.2 Å². The van der Waals surface area contributed by atoms with E-state index in [-0.39, 0.29) is 24.0 Å². The lowest BCUT2D eigenvalue weighted by atomic mass is 9.95. The van der Waals surface area contributed by atoms with Crippen molar-refractivity contribution in [2.45, 2.75) is 25.9 Å². The van der Waals surface area contributed by atoms with Crippen molar-refractivity contribution in [3.05, 3.63) is 23.8 Å². The van der Waals surface area contributed by atoms with Crippen LogP contribution in [0, 0.1) is 5.92 Å². The Labute approximate surface area is 122 Å². The van der Waals surface area contributed by atoms with Crippen molar-refractivity contribution < 1.29 is 30.1 Å². The van der Waals surface area contributed by atoms with Gasteiger partial charge >= 0.3 is 0 Å². The lowest BCUT2D eigenvalue weighted by molar-refractivity contribution is -0.141. The SMILES string of the molecule is CCC(Cc1ccc(O)cc1O)C(=O)NOCC(O)CO. The molecule has 7 nitrogen and oxygen atoms in total. The molecule has 0 heterocycles. The molecule has 5 N–H and O–H groups in total. The van der Waals surface area contributed by atoms with Crippen LogP contribution in [0.2, 0.25) is 0 Å². The van der Waals surface area contributed by atoms with Crippen LogP contribution >= 0.6 is 0 Å². The van der Waals surface area contributed by atoms with Crippen molar-refractivity contribution in [3.63, 3.8) is 0 Å². The highest BCUT2D eigenvalue weighted by atomic mass is 16.7. The van der Waals surface area contributed by atoms with E-state index in [0.717, 1.165) is 0 Å². The average molecular weight is 299 g/mol. The van der Waals surface area contributed by atoms with Crippen molar-refractivity contribution in [2.24, 2.45) is 5.92 Å². The summed E-state index contributed by atoms with van der Waals surface area (Å²) in [6.07, 6.45) is -0.232. The highest BCUT2D eigenvalue weighted by Crippen LogP contribution is 2.25. The Morgan fingerprint density at radius 1 is 1.38 bits per heavy atom. The molecule has 0 saturated heterocycles. The van der Waals surface area contributed by atoms with E-state index in [1.54, 1.807) is 6.07 Å². The van der Waals surface area contributed by atoms with Gasteiger partial charge in [-0.2, -0.15) is 0 Å². The molecule has 2 unspecified atom stereocenters. The number of aliphatic hydroxyl groups is 2. The van der Waals surface area contributed by atoms with Gasteiger partial charge in [-0.05, 0) is 24.5 Å². The zero-order chi connectivity index (χ0) is 15.8. The van der Waals surface area contributed by atoms with Crippen LogP contribution in [0.5, 0.6) is 11.5 Å². The highest BCUT2D eigenvalue weighted by molar-refractivity contribution is 5.78. The van der Waals surface area contributed by atoms with Crippen molar-refractivity contribution in [1.29, 1.82) is 0 Å². The fraction of sp³-hybridized carbons (Fsp3) is 0.500. The van der Waals surface area contributed by atoms with Gasteiger partial charge in [0.25, 0.3) is 0 Å². The number of aliphatic hydroxyl groups excluding tert-OH is 2. The molecule has 7 heteroatoms. The molecule has 0 aliphatic heterocycles. The molecule has 1 aromatic carbocycles. The number of aromatic hydroxyl groups is 2. The molecule has 0 aliphatic rings. The second kappa shape index (κ2) is 8.46. The minimum absolute atomic E-state index is 0.0462. The average Bonchev–Trinajstić information content (AvgIpc) is 2.46. The Balaban J connectivity index is 2.55. The van der Waals surface area contributed by atoms with Gasteiger partial charge in [0.15, 0.2) is 0 Å². The van der Waals surface area contributed by atoms with Crippen LogP contribution in [-0.2, 0) is 16.1 Å². The first-order valence-corrected chi connectivity index (χ1v) is 6.69. The summed E-state index contributed by atoms with van der Waals surface area (Å²) in [6, 6.07) is 4.21. The Hall–Kier alpha value is -1.83. The number of carbonyl (C=O) groups excluding carboxylic acids is 1. The summed E-state index contributed by atoms with van der Waals surface area (Å²) in [7, 11) is 0. The molecule has 0 spiro atoms. The smallest absolute Gasteiger partial charge is 0.246 e. The van der Waals surface area contributed by atoms with E-state index in [1.807, 2.05) is 6.92 Å². The Morgan fingerprint density at radius 2 is 2.10 bits per heavy atom. The molecule has 0 saturated carbocycles. The van der Waals surface area contributed by atoms with E-state index < -0.39 is 18.6 Å². The minimum atomic E-state index is -1.05. The van der Waals surface area contributed by atoms with Crippen LogP contribution < -0.4 is 5.48 Å². The molecule has 0 aromatic heterocycles. The molecular formula is C14H21NO6. The maximum absolute atomic E-state index is 11.9. The van der Waals surface area contributed by atoms with Crippen molar-refractivity contribution in [1.82, 2.24) is 5.48 Å². The Bertz CT molecular complexity index is 465. The molecule has 0 fully saturated rings. The lowest BCUT2D eigenvalue weighted by Crippen LogP contribution is -2.34. The molecular weight excluding hydrogens is 278 g/mol. The van der Waals surface area contributed by atoms with E-state index in [4.69, 9.17) is 15.1 Å². The minimum Gasteiger partial charge on any atom is -0.508 e. The van der Waals surface area contributed by atoms with Crippen molar-refractivity contribution >= 4 is 5.91 Å². The predicted octanol–water partition coefficient (Wildman–Crippen LogP) is 0.0675. The van der Waals surface area contributed by atoms with Gasteiger partial charge in [0.05, 0.1) is 6.61 Å². The van der Waals surface area contributed by atoms with Gasteiger partial charge in [0, 0.05) is 12.0 Å². The number of nitrogens with one attached hydrogen (secondary N) is 1. The molecule has 2 atom stereocenters. The first-order chi connectivity index (χ1) is 9.97. The molecule has 1 amide bonds. The topological polar surface area (TPSA) is 119 Å². The number of phenolic OH excluding ortho intramolecular Hbond substituents is 2. The number of hydroxylamine groups is 1. The maximum atomic E-state index is 11.9. The zero-order valence-corrected chi connectivity index (χ0v) is 11.8. The van der Waals surface area contributed by atoms with Gasteiger partial charge in [-0.25, -0.2) is 5.48 Å². The molecule has 1 aromatic rings. The van der Waals surface area contributed by atoms with Gasteiger partial charge in [0.1, 0.15) is 24.2 Å². The largest absolute Gasteiger partial charge is 0.508 e. The lowest BCUT2D eigenvalue weighted by Gasteiger charge is -2.16. The normalized spacial score (nSPS) is 13.7. The second-order valence-electron chi connectivity index (χ2n) is 4.74. The number of hydrogen-bond donors (Lipinski definition) is 5. The first kappa shape index (κ1) is 17.2. The van der Waals surface area contributed by atoms with Crippen LogP contribution in [0.1, 0.15) is 18.9 Å². The third kappa shape index (κ3) is 5.58. The third-order valence-electron chi connectivity index (χ3n) is 3.06. The Kier molecular flexibility index (Phi) is 6.93.